The van der Waals surface area contributed by atoms with Crippen LogP contribution in [0.2, 0.25) is 5.02 Å². The number of nitriles is 1. The van der Waals surface area contributed by atoms with Gasteiger partial charge in [0.1, 0.15) is 6.07 Å². The molecule has 0 atom stereocenters. The SMILES string of the molecule is N#Cc1ccc(NC(=O)c2ccc3nccnc3c2)cc1Cl. The van der Waals surface area contributed by atoms with E-state index >= 15 is 0 Å². The van der Waals surface area contributed by atoms with E-state index < -0.39 is 0 Å². The quantitative estimate of drug-likeness (QED) is 0.787. The van der Waals surface area contributed by atoms with Crippen LogP contribution >= 0.6 is 11.6 Å². The average Bonchev–Trinajstić information content (AvgIpc) is 2.54. The maximum Gasteiger partial charge on any atom is 0.255 e. The van der Waals surface area contributed by atoms with Crippen molar-refractivity contribution in [3.63, 3.8) is 0 Å². The van der Waals surface area contributed by atoms with Crippen molar-refractivity contribution in [2.75, 3.05) is 5.32 Å². The van der Waals surface area contributed by atoms with Gasteiger partial charge in [-0.3, -0.25) is 14.8 Å². The first kappa shape index (κ1) is 14.0. The lowest BCUT2D eigenvalue weighted by atomic mass is 10.1. The summed E-state index contributed by atoms with van der Waals surface area (Å²) in [6.07, 6.45) is 3.17. The van der Waals surface area contributed by atoms with Crippen molar-refractivity contribution in [3.8, 4) is 6.07 Å². The summed E-state index contributed by atoms with van der Waals surface area (Å²) in [5.41, 5.74) is 2.72. The average molecular weight is 309 g/mol. The third kappa shape index (κ3) is 2.73. The van der Waals surface area contributed by atoms with E-state index in [0.717, 1.165) is 5.52 Å². The number of benzene rings is 2. The molecule has 3 aromatic rings. The zero-order valence-electron chi connectivity index (χ0n) is 11.2. The number of nitrogens with zero attached hydrogens (tertiary/aromatic N) is 3. The number of carbonyl (C=O) groups excluding carboxylic acids is 1. The number of aromatic nitrogens is 2. The van der Waals surface area contributed by atoms with Crippen molar-refractivity contribution in [1.82, 2.24) is 9.97 Å². The number of nitrogens with one attached hydrogen (secondary N) is 1. The van der Waals surface area contributed by atoms with Crippen molar-refractivity contribution in [1.29, 1.82) is 5.26 Å². The van der Waals surface area contributed by atoms with E-state index in [1.165, 1.54) is 0 Å². The third-order valence-corrected chi connectivity index (χ3v) is 3.39. The molecule has 22 heavy (non-hydrogen) atoms. The van der Waals surface area contributed by atoms with Crippen LogP contribution in [0.25, 0.3) is 11.0 Å². The van der Waals surface area contributed by atoms with Crippen molar-refractivity contribution in [2.24, 2.45) is 0 Å². The van der Waals surface area contributed by atoms with Gasteiger partial charge in [-0.15, -0.1) is 0 Å². The Morgan fingerprint density at radius 3 is 2.59 bits per heavy atom. The van der Waals surface area contributed by atoms with Gasteiger partial charge >= 0.3 is 0 Å². The summed E-state index contributed by atoms with van der Waals surface area (Å²) in [4.78, 5) is 20.6. The van der Waals surface area contributed by atoms with Crippen LogP contribution in [0.15, 0.2) is 48.8 Å². The molecule has 106 valence electrons. The molecule has 1 amide bonds. The number of carbonyl (C=O) groups is 1. The molecule has 0 saturated heterocycles. The standard InChI is InChI=1S/C16H9ClN4O/c17-13-8-12(3-1-11(13)9-18)21-16(22)10-2-4-14-15(7-10)20-6-5-19-14/h1-8H,(H,21,22). The molecule has 0 fully saturated rings. The Morgan fingerprint density at radius 1 is 1.09 bits per heavy atom. The highest BCUT2D eigenvalue weighted by atomic mass is 35.5. The first-order valence-corrected chi connectivity index (χ1v) is 6.77. The third-order valence-electron chi connectivity index (χ3n) is 3.08. The molecule has 0 aliphatic heterocycles. The molecule has 0 bridgehead atoms. The fraction of sp³-hybridized carbons (Fsp3) is 0. The minimum atomic E-state index is -0.284. The maximum absolute atomic E-state index is 12.3. The molecule has 0 aliphatic carbocycles. The van der Waals surface area contributed by atoms with Crippen molar-refractivity contribution >= 4 is 34.2 Å². The maximum atomic E-state index is 12.3. The van der Waals surface area contributed by atoms with E-state index in [1.54, 1.807) is 48.8 Å². The normalized spacial score (nSPS) is 10.2. The highest BCUT2D eigenvalue weighted by Crippen LogP contribution is 2.21. The van der Waals surface area contributed by atoms with E-state index in [4.69, 9.17) is 16.9 Å². The summed E-state index contributed by atoms with van der Waals surface area (Å²) in [6.45, 7) is 0. The molecule has 0 aliphatic rings. The van der Waals surface area contributed by atoms with E-state index in [2.05, 4.69) is 15.3 Å². The Bertz CT molecular complexity index is 917. The van der Waals surface area contributed by atoms with Crippen molar-refractivity contribution in [2.45, 2.75) is 0 Å². The minimum Gasteiger partial charge on any atom is -0.322 e. The van der Waals surface area contributed by atoms with Gasteiger partial charge in [-0.05, 0) is 36.4 Å². The number of amides is 1. The van der Waals surface area contributed by atoms with E-state index in [9.17, 15) is 4.79 Å². The van der Waals surface area contributed by atoms with Gasteiger partial charge in [0.15, 0.2) is 0 Å². The largest absolute Gasteiger partial charge is 0.322 e. The Labute approximate surface area is 131 Å². The second kappa shape index (κ2) is 5.80. The van der Waals surface area contributed by atoms with E-state index in [1.807, 2.05) is 6.07 Å². The number of fused-ring (bicyclic) bond motifs is 1. The fourth-order valence-electron chi connectivity index (χ4n) is 1.99. The van der Waals surface area contributed by atoms with E-state index in [-0.39, 0.29) is 5.91 Å². The molecular weight excluding hydrogens is 300 g/mol. The lowest BCUT2D eigenvalue weighted by molar-refractivity contribution is 0.102. The summed E-state index contributed by atoms with van der Waals surface area (Å²) in [6, 6.07) is 11.8. The molecule has 1 aromatic heterocycles. The monoisotopic (exact) mass is 308 g/mol. The second-order valence-electron chi connectivity index (χ2n) is 4.52. The summed E-state index contributed by atoms with van der Waals surface area (Å²) in [5, 5.41) is 11.9. The van der Waals surface area contributed by atoms with Gasteiger partial charge in [-0.2, -0.15) is 5.26 Å². The van der Waals surface area contributed by atoms with Gasteiger partial charge in [0.25, 0.3) is 5.91 Å². The molecular formula is C16H9ClN4O. The number of hydrogen-bond acceptors (Lipinski definition) is 4. The summed E-state index contributed by atoms with van der Waals surface area (Å²) < 4.78 is 0. The van der Waals surface area contributed by atoms with Gasteiger partial charge in [-0.25, -0.2) is 0 Å². The molecule has 2 aromatic carbocycles. The molecule has 1 heterocycles. The minimum absolute atomic E-state index is 0.284. The molecule has 3 rings (SSSR count). The Morgan fingerprint density at radius 2 is 1.86 bits per heavy atom. The highest BCUT2D eigenvalue weighted by Gasteiger charge is 2.09. The van der Waals surface area contributed by atoms with Crippen LogP contribution < -0.4 is 5.32 Å². The molecule has 1 N–H and O–H groups in total. The molecule has 0 radical (unpaired) electrons. The smallest absolute Gasteiger partial charge is 0.255 e. The zero-order valence-corrected chi connectivity index (χ0v) is 12.0. The van der Waals surface area contributed by atoms with Crippen LogP contribution in [0, 0.1) is 11.3 Å². The molecule has 0 unspecified atom stereocenters. The lowest BCUT2D eigenvalue weighted by Crippen LogP contribution is -2.12. The lowest BCUT2D eigenvalue weighted by Gasteiger charge is -2.07. The Balaban J connectivity index is 1.87. The first-order chi connectivity index (χ1) is 10.7. The summed E-state index contributed by atoms with van der Waals surface area (Å²) >= 11 is 5.95. The summed E-state index contributed by atoms with van der Waals surface area (Å²) in [7, 11) is 0. The molecule has 5 nitrogen and oxygen atoms in total. The van der Waals surface area contributed by atoms with Gasteiger partial charge in [-0.1, -0.05) is 11.6 Å². The fourth-order valence-corrected chi connectivity index (χ4v) is 2.21. The Kier molecular flexibility index (Phi) is 3.69. The first-order valence-electron chi connectivity index (χ1n) is 6.39. The molecule has 0 spiro atoms. The number of rotatable bonds is 2. The molecule has 0 saturated carbocycles. The number of anilines is 1. The zero-order chi connectivity index (χ0) is 15.5. The van der Waals surface area contributed by atoms with E-state index in [0.29, 0.717) is 27.4 Å². The van der Waals surface area contributed by atoms with Crippen LogP contribution in [0.4, 0.5) is 5.69 Å². The van der Waals surface area contributed by atoms with Crippen molar-refractivity contribution < 1.29 is 4.79 Å². The van der Waals surface area contributed by atoms with Gasteiger partial charge in [0.2, 0.25) is 0 Å². The highest BCUT2D eigenvalue weighted by molar-refractivity contribution is 6.32. The van der Waals surface area contributed by atoms with Crippen molar-refractivity contribution in [3.05, 3.63) is 64.9 Å². The van der Waals surface area contributed by atoms with Gasteiger partial charge < -0.3 is 5.32 Å². The Hall–Kier alpha value is -2.97. The predicted octanol–water partition coefficient (Wildman–Crippen LogP) is 3.41. The predicted molar refractivity (Wildman–Crippen MR) is 83.7 cm³/mol. The number of hydrogen-bond donors (Lipinski definition) is 1. The summed E-state index contributed by atoms with van der Waals surface area (Å²) in [5.74, 6) is -0.284. The van der Waals surface area contributed by atoms with Gasteiger partial charge in [0, 0.05) is 23.6 Å². The second-order valence-corrected chi connectivity index (χ2v) is 4.93. The van der Waals surface area contributed by atoms with Crippen LogP contribution in [0.1, 0.15) is 15.9 Å². The van der Waals surface area contributed by atoms with Crippen LogP contribution in [-0.4, -0.2) is 15.9 Å². The molecule has 6 heteroatoms. The van der Waals surface area contributed by atoms with Crippen LogP contribution in [0.3, 0.4) is 0 Å². The number of halogens is 1. The van der Waals surface area contributed by atoms with Crippen LogP contribution in [0.5, 0.6) is 0 Å². The van der Waals surface area contributed by atoms with Crippen LogP contribution in [-0.2, 0) is 0 Å². The topological polar surface area (TPSA) is 78.7 Å². The van der Waals surface area contributed by atoms with Gasteiger partial charge in [0.05, 0.1) is 21.6 Å².